The molecule has 36 heavy (non-hydrogen) atoms. The van der Waals surface area contributed by atoms with Gasteiger partial charge in [-0.15, -0.1) is 0 Å². The molecular weight excluding hydrogens is 484 g/mol. The smallest absolute Gasteiger partial charge is 0.404 e. The minimum atomic E-state index is -4.04. The molecule has 2 atom stereocenters. The van der Waals surface area contributed by atoms with Crippen molar-refractivity contribution >= 4 is 33.2 Å². The molecule has 0 aliphatic rings. The zero-order chi connectivity index (χ0) is 26.5. The summed E-state index contributed by atoms with van der Waals surface area (Å²) in [6, 6.07) is 13.0. The molecule has 3 aromatic rings. The van der Waals surface area contributed by atoms with Crippen LogP contribution >= 0.6 is 0 Å². The van der Waals surface area contributed by atoms with Crippen LogP contribution in [-0.4, -0.2) is 65.3 Å². The van der Waals surface area contributed by atoms with E-state index in [4.69, 9.17) is 4.42 Å². The van der Waals surface area contributed by atoms with Gasteiger partial charge in [0.05, 0.1) is 17.0 Å². The number of aliphatic hydroxyl groups excluding tert-OH is 1. The van der Waals surface area contributed by atoms with Gasteiger partial charge in [0.1, 0.15) is 5.52 Å². The molecule has 3 rings (SSSR count). The number of oxazole rings is 1. The maximum Gasteiger partial charge on any atom is 0.404 e. The highest BCUT2D eigenvalue weighted by molar-refractivity contribution is 7.89. The van der Waals surface area contributed by atoms with Crippen LogP contribution in [0.15, 0.2) is 57.8 Å². The summed E-state index contributed by atoms with van der Waals surface area (Å²) in [5.41, 5.74) is 1.65. The Kier molecular flexibility index (Phi) is 8.93. The van der Waals surface area contributed by atoms with E-state index in [0.717, 1.165) is 5.56 Å². The lowest BCUT2D eigenvalue weighted by Gasteiger charge is -2.30. The zero-order valence-corrected chi connectivity index (χ0v) is 21.7. The van der Waals surface area contributed by atoms with Crippen LogP contribution in [0.5, 0.6) is 0 Å². The maximum atomic E-state index is 13.6. The van der Waals surface area contributed by atoms with Gasteiger partial charge in [-0.2, -0.15) is 9.29 Å². The Morgan fingerprint density at radius 2 is 1.78 bits per heavy atom. The highest BCUT2D eigenvalue weighted by Crippen LogP contribution is 2.26. The molecule has 0 saturated carbocycles. The van der Waals surface area contributed by atoms with E-state index in [1.807, 2.05) is 58.0 Å². The Bertz CT molecular complexity index is 1260. The van der Waals surface area contributed by atoms with Gasteiger partial charge in [-0.3, -0.25) is 0 Å². The molecule has 1 amide bonds. The van der Waals surface area contributed by atoms with Crippen LogP contribution in [0.4, 0.5) is 10.8 Å². The molecule has 1 aromatic heterocycles. The van der Waals surface area contributed by atoms with E-state index in [9.17, 15) is 23.4 Å². The number of nitrogens with zero attached hydrogens (tertiary/aromatic N) is 2. The number of carbonyl (C=O) groups is 1. The van der Waals surface area contributed by atoms with Gasteiger partial charge in [-0.1, -0.05) is 44.2 Å². The highest BCUT2D eigenvalue weighted by atomic mass is 32.2. The summed E-state index contributed by atoms with van der Waals surface area (Å²) in [5, 5.41) is 25.7. The normalized spacial score (nSPS) is 13.9. The molecule has 10 nitrogen and oxygen atoms in total. The fourth-order valence-corrected chi connectivity index (χ4v) is 5.48. The number of fused-ring (bicyclic) bond motifs is 1. The number of anilines is 1. The average Bonchev–Trinajstić information content (AvgIpc) is 3.19. The molecule has 0 fully saturated rings. The first-order chi connectivity index (χ1) is 17.0. The average molecular weight is 519 g/mol. The topological polar surface area (TPSA) is 145 Å². The van der Waals surface area contributed by atoms with Crippen molar-refractivity contribution in [3.05, 3.63) is 54.1 Å². The van der Waals surface area contributed by atoms with Gasteiger partial charge in [0.2, 0.25) is 10.0 Å². The van der Waals surface area contributed by atoms with E-state index in [0.29, 0.717) is 17.1 Å². The maximum absolute atomic E-state index is 13.6. The quantitative estimate of drug-likeness (QED) is 0.285. The summed E-state index contributed by atoms with van der Waals surface area (Å²) >= 11 is 0. The Labute approximate surface area is 211 Å². The molecule has 196 valence electrons. The van der Waals surface area contributed by atoms with Crippen LogP contribution in [0.2, 0.25) is 0 Å². The van der Waals surface area contributed by atoms with Gasteiger partial charge in [-0.05, 0) is 43.9 Å². The van der Waals surface area contributed by atoms with Crippen LogP contribution in [0.3, 0.4) is 0 Å². The van der Waals surface area contributed by atoms with Crippen molar-refractivity contribution in [2.45, 2.75) is 57.2 Å². The number of nitrogens with one attached hydrogen (secondary N) is 2. The van der Waals surface area contributed by atoms with Crippen LogP contribution in [0.25, 0.3) is 11.1 Å². The van der Waals surface area contributed by atoms with Crippen molar-refractivity contribution < 1.29 is 27.8 Å². The number of carboxylic acid groups (broad SMARTS) is 1. The van der Waals surface area contributed by atoms with Gasteiger partial charge in [0.25, 0.3) is 6.01 Å². The molecule has 0 aliphatic heterocycles. The molecule has 0 aliphatic carbocycles. The van der Waals surface area contributed by atoms with E-state index in [1.54, 1.807) is 6.07 Å². The fourth-order valence-electron chi connectivity index (χ4n) is 3.85. The largest absolute Gasteiger partial charge is 0.465 e. The predicted molar refractivity (Wildman–Crippen MR) is 137 cm³/mol. The third-order valence-corrected chi connectivity index (χ3v) is 7.27. The Hall–Kier alpha value is -3.15. The fraction of sp³-hybridized carbons (Fsp3) is 0.440. The number of aromatic nitrogens is 1. The molecule has 2 aromatic carbocycles. The van der Waals surface area contributed by atoms with Crippen molar-refractivity contribution in [3.8, 4) is 0 Å². The van der Waals surface area contributed by atoms with Gasteiger partial charge in [-0.25, -0.2) is 13.2 Å². The number of amides is 1. The van der Waals surface area contributed by atoms with E-state index in [1.165, 1.54) is 16.4 Å². The van der Waals surface area contributed by atoms with Crippen LogP contribution in [0.1, 0.15) is 33.3 Å². The Balaban J connectivity index is 1.88. The summed E-state index contributed by atoms with van der Waals surface area (Å²) in [6.45, 7) is 7.46. The molecule has 11 heteroatoms. The molecule has 1 heterocycles. The van der Waals surface area contributed by atoms with Crippen molar-refractivity contribution in [2.24, 2.45) is 5.92 Å². The molecule has 4 N–H and O–H groups in total. The van der Waals surface area contributed by atoms with E-state index in [2.05, 4.69) is 15.6 Å². The number of benzene rings is 2. The van der Waals surface area contributed by atoms with Crippen molar-refractivity contribution in [1.82, 2.24) is 14.6 Å². The number of sulfonamides is 1. The Morgan fingerprint density at radius 1 is 1.08 bits per heavy atom. The number of hydrogen-bond acceptors (Lipinski definition) is 7. The summed E-state index contributed by atoms with van der Waals surface area (Å²) in [7, 11) is -4.04. The van der Waals surface area contributed by atoms with Crippen LogP contribution < -0.4 is 10.6 Å². The number of rotatable bonds is 12. The lowest BCUT2D eigenvalue weighted by molar-refractivity contribution is 0.0980. The van der Waals surface area contributed by atoms with Crippen molar-refractivity contribution in [2.75, 3.05) is 18.4 Å². The molecular formula is C25H34N4O6S. The van der Waals surface area contributed by atoms with E-state index >= 15 is 0 Å². The predicted octanol–water partition coefficient (Wildman–Crippen LogP) is 3.53. The van der Waals surface area contributed by atoms with Gasteiger partial charge >= 0.3 is 6.09 Å². The summed E-state index contributed by atoms with van der Waals surface area (Å²) in [6.07, 6.45) is -2.37. The van der Waals surface area contributed by atoms with Crippen molar-refractivity contribution in [1.29, 1.82) is 0 Å². The molecule has 0 bridgehead atoms. The van der Waals surface area contributed by atoms with Gasteiger partial charge in [0, 0.05) is 25.2 Å². The van der Waals surface area contributed by atoms with Gasteiger partial charge in [0.15, 0.2) is 5.58 Å². The third kappa shape index (κ3) is 7.19. The second-order valence-corrected chi connectivity index (χ2v) is 11.4. The Morgan fingerprint density at radius 3 is 2.39 bits per heavy atom. The molecule has 0 saturated heterocycles. The standard InChI is InChI=1S/C25H34N4O6S/c1-16(2)14-29(15-22(30)21(28-25(31)32)12-18-8-6-5-7-9-18)36(33,34)19-10-11-20-23(13-19)35-24(27-20)26-17(3)4/h5-11,13,16-17,21-22,28,30H,12,14-15H2,1-4H3,(H,26,27)(H,31,32)/t21-,22+/m0/s1. The minimum Gasteiger partial charge on any atom is -0.465 e. The minimum absolute atomic E-state index is 0.000833. The SMILES string of the molecule is CC(C)CN(C[C@@H](O)[C@H](Cc1ccccc1)NC(=O)O)S(=O)(=O)c1ccc2nc(NC(C)C)oc2c1. The number of aliphatic hydroxyl groups is 1. The summed E-state index contributed by atoms with van der Waals surface area (Å²) < 4.78 is 34.1. The van der Waals surface area contributed by atoms with Crippen LogP contribution in [0, 0.1) is 5.92 Å². The lowest BCUT2D eigenvalue weighted by atomic mass is 10.0. The first-order valence-electron chi connectivity index (χ1n) is 11.8. The lowest BCUT2D eigenvalue weighted by Crippen LogP contribution is -2.50. The van der Waals surface area contributed by atoms with Gasteiger partial charge < -0.3 is 25.3 Å². The molecule has 0 unspecified atom stereocenters. The highest BCUT2D eigenvalue weighted by Gasteiger charge is 2.31. The van der Waals surface area contributed by atoms with E-state index < -0.39 is 28.3 Å². The summed E-state index contributed by atoms with van der Waals surface area (Å²) in [5.74, 6) is -0.0390. The molecule has 0 spiro atoms. The zero-order valence-electron chi connectivity index (χ0n) is 20.9. The van der Waals surface area contributed by atoms with Crippen LogP contribution in [-0.2, 0) is 16.4 Å². The first-order valence-corrected chi connectivity index (χ1v) is 13.3. The number of hydrogen-bond donors (Lipinski definition) is 4. The van der Waals surface area contributed by atoms with Crippen molar-refractivity contribution in [3.63, 3.8) is 0 Å². The molecule has 0 radical (unpaired) electrons. The second-order valence-electron chi connectivity index (χ2n) is 9.48. The first kappa shape index (κ1) is 27.4. The second kappa shape index (κ2) is 11.7. The summed E-state index contributed by atoms with van der Waals surface area (Å²) in [4.78, 5) is 15.7. The third-order valence-electron chi connectivity index (χ3n) is 5.44. The monoisotopic (exact) mass is 518 g/mol. The van der Waals surface area contributed by atoms with E-state index in [-0.39, 0.29) is 36.4 Å².